The Bertz CT molecular complexity index is 1280. The molecule has 0 unspecified atom stereocenters. The third-order valence-electron chi connectivity index (χ3n) is 4.22. The molecule has 0 aliphatic carbocycles. The van der Waals surface area contributed by atoms with Gasteiger partial charge in [-0.3, -0.25) is 20.3 Å². The van der Waals surface area contributed by atoms with E-state index >= 15 is 0 Å². The molecule has 166 valence electrons. The first-order chi connectivity index (χ1) is 15.2. The number of hydrazone groups is 1. The number of benzene rings is 3. The van der Waals surface area contributed by atoms with E-state index in [9.17, 15) is 28.7 Å². The fraction of sp³-hybridized carbons (Fsp3) is 0.0500. The zero-order valence-electron chi connectivity index (χ0n) is 16.6. The number of nitro groups is 1. The van der Waals surface area contributed by atoms with E-state index in [0.29, 0.717) is 5.75 Å². The van der Waals surface area contributed by atoms with Gasteiger partial charge in [0, 0.05) is 23.4 Å². The fourth-order valence-electron chi connectivity index (χ4n) is 2.61. The average molecular weight is 458 g/mol. The van der Waals surface area contributed by atoms with Crippen LogP contribution in [0, 0.1) is 10.1 Å². The summed E-state index contributed by atoms with van der Waals surface area (Å²) in [6.45, 7) is 0. The summed E-state index contributed by atoms with van der Waals surface area (Å²) < 4.78 is 32.6. The average Bonchev–Trinajstić information content (AvgIpc) is 2.75. The summed E-state index contributed by atoms with van der Waals surface area (Å²) >= 11 is 0. The minimum absolute atomic E-state index is 0.0621. The highest BCUT2D eigenvalue weighted by Gasteiger charge is 2.21. The van der Waals surface area contributed by atoms with Crippen molar-refractivity contribution < 1.29 is 28.3 Å². The van der Waals surface area contributed by atoms with Gasteiger partial charge in [-0.2, -0.15) is 5.10 Å². The van der Waals surface area contributed by atoms with Gasteiger partial charge in [-0.25, -0.2) is 8.42 Å². The first-order valence-corrected chi connectivity index (χ1v) is 10.4. The minimum Gasteiger partial charge on any atom is -0.508 e. The molecule has 0 aliphatic heterocycles. The van der Waals surface area contributed by atoms with Gasteiger partial charge in [0.05, 0.1) is 23.1 Å². The maximum absolute atomic E-state index is 12.6. The van der Waals surface area contributed by atoms with Crippen LogP contribution in [0.1, 0.15) is 5.56 Å². The maximum atomic E-state index is 12.6. The molecule has 4 N–H and O–H groups in total. The van der Waals surface area contributed by atoms with Gasteiger partial charge in [0.1, 0.15) is 22.9 Å². The van der Waals surface area contributed by atoms with Crippen molar-refractivity contribution in [2.75, 3.05) is 17.3 Å². The van der Waals surface area contributed by atoms with Crippen molar-refractivity contribution in [3.63, 3.8) is 0 Å². The number of sulfonamides is 1. The molecular weight excluding hydrogens is 440 g/mol. The van der Waals surface area contributed by atoms with E-state index in [1.165, 1.54) is 49.7 Å². The Morgan fingerprint density at radius 2 is 1.78 bits per heavy atom. The normalized spacial score (nSPS) is 11.3. The summed E-state index contributed by atoms with van der Waals surface area (Å²) in [5.41, 5.74) is 2.38. The number of nitro benzene ring substituents is 1. The second-order valence-electron chi connectivity index (χ2n) is 6.38. The van der Waals surface area contributed by atoms with Crippen molar-refractivity contribution in [3.8, 4) is 17.2 Å². The number of nitrogens with zero attached hydrogens (tertiary/aromatic N) is 2. The lowest BCUT2D eigenvalue weighted by atomic mass is 10.2. The second-order valence-corrected chi connectivity index (χ2v) is 8.07. The Morgan fingerprint density at radius 3 is 2.41 bits per heavy atom. The summed E-state index contributed by atoms with van der Waals surface area (Å²) in [7, 11) is -2.62. The number of hydrogen-bond acceptors (Lipinski definition) is 9. The van der Waals surface area contributed by atoms with Gasteiger partial charge in [-0.15, -0.1) is 0 Å². The van der Waals surface area contributed by atoms with Crippen molar-refractivity contribution in [2.45, 2.75) is 4.90 Å². The van der Waals surface area contributed by atoms with Crippen LogP contribution in [0.3, 0.4) is 0 Å². The summed E-state index contributed by atoms with van der Waals surface area (Å²) in [5.74, 6) is 0.166. The molecule has 11 nitrogen and oxygen atoms in total. The van der Waals surface area contributed by atoms with Crippen LogP contribution in [0.5, 0.6) is 17.2 Å². The number of methoxy groups -OCH3 is 1. The summed E-state index contributed by atoms with van der Waals surface area (Å²) in [6, 6.07) is 13.3. The van der Waals surface area contributed by atoms with Crippen LogP contribution in [0.2, 0.25) is 0 Å². The molecule has 0 atom stereocenters. The second kappa shape index (κ2) is 9.22. The van der Waals surface area contributed by atoms with Gasteiger partial charge in [-0.05, 0) is 48.5 Å². The smallest absolute Gasteiger partial charge is 0.295 e. The fourth-order valence-corrected chi connectivity index (χ4v) is 3.69. The number of aromatic hydroxyl groups is 2. The quantitative estimate of drug-likeness (QED) is 0.227. The first-order valence-electron chi connectivity index (χ1n) is 8.96. The molecule has 12 heteroatoms. The van der Waals surface area contributed by atoms with Gasteiger partial charge in [-0.1, -0.05) is 0 Å². The first kappa shape index (κ1) is 22.4. The molecule has 32 heavy (non-hydrogen) atoms. The lowest BCUT2D eigenvalue weighted by molar-refractivity contribution is -0.384. The summed E-state index contributed by atoms with van der Waals surface area (Å²) in [6.07, 6.45) is 1.19. The third kappa shape index (κ3) is 5.23. The molecule has 0 aromatic heterocycles. The molecule has 0 radical (unpaired) electrons. The molecule has 3 aromatic rings. The Kier molecular flexibility index (Phi) is 6.45. The van der Waals surface area contributed by atoms with E-state index in [0.717, 1.165) is 12.1 Å². The number of rotatable bonds is 8. The molecule has 3 aromatic carbocycles. The van der Waals surface area contributed by atoms with E-state index in [4.69, 9.17) is 4.74 Å². The summed E-state index contributed by atoms with van der Waals surface area (Å²) in [5, 5.41) is 34.3. The van der Waals surface area contributed by atoms with Gasteiger partial charge in [0.2, 0.25) is 0 Å². The summed E-state index contributed by atoms with van der Waals surface area (Å²) in [4.78, 5) is 10.4. The highest BCUT2D eigenvalue weighted by Crippen LogP contribution is 2.29. The van der Waals surface area contributed by atoms with Crippen LogP contribution in [-0.4, -0.2) is 36.9 Å². The SMILES string of the molecule is COc1ccc(NS(=O)(=O)c2ccc(NN=Cc3ccc(O)cc3O)c([N+](=O)[O-])c2)cc1. The predicted octanol–water partition coefficient (Wildman–Crippen LogP) is 3.26. The zero-order valence-corrected chi connectivity index (χ0v) is 17.4. The Balaban J connectivity index is 1.83. The molecule has 3 rings (SSSR count). The topological polar surface area (TPSA) is 163 Å². The van der Waals surface area contributed by atoms with Crippen molar-refractivity contribution in [1.82, 2.24) is 0 Å². The van der Waals surface area contributed by atoms with Crippen LogP contribution in [-0.2, 0) is 10.0 Å². The number of nitrogens with one attached hydrogen (secondary N) is 2. The molecule has 0 spiro atoms. The van der Waals surface area contributed by atoms with Crippen molar-refractivity contribution in [2.24, 2.45) is 5.10 Å². The van der Waals surface area contributed by atoms with E-state index in [2.05, 4.69) is 15.2 Å². The lowest BCUT2D eigenvalue weighted by Crippen LogP contribution is -2.13. The Hall–Kier alpha value is -4.32. The van der Waals surface area contributed by atoms with Crippen molar-refractivity contribution in [1.29, 1.82) is 0 Å². The number of phenolic OH excluding ortho intramolecular Hbond substituents is 2. The van der Waals surface area contributed by atoms with E-state index in [1.807, 2.05) is 0 Å². The molecule has 0 amide bonds. The van der Waals surface area contributed by atoms with Crippen molar-refractivity contribution in [3.05, 3.63) is 76.3 Å². The highest BCUT2D eigenvalue weighted by atomic mass is 32.2. The molecule has 0 saturated carbocycles. The molecule has 0 heterocycles. The van der Waals surface area contributed by atoms with Gasteiger partial charge in [0.25, 0.3) is 15.7 Å². The number of hydrogen-bond donors (Lipinski definition) is 4. The maximum Gasteiger partial charge on any atom is 0.295 e. The molecule has 0 aliphatic rings. The Labute approximate surface area is 182 Å². The van der Waals surface area contributed by atoms with Gasteiger partial charge < -0.3 is 14.9 Å². The van der Waals surface area contributed by atoms with E-state index < -0.39 is 20.6 Å². The Morgan fingerprint density at radius 1 is 1.06 bits per heavy atom. The van der Waals surface area contributed by atoms with Crippen LogP contribution in [0.15, 0.2) is 70.7 Å². The van der Waals surface area contributed by atoms with Crippen LogP contribution in [0.4, 0.5) is 17.1 Å². The van der Waals surface area contributed by atoms with Gasteiger partial charge in [0.15, 0.2) is 0 Å². The van der Waals surface area contributed by atoms with Gasteiger partial charge >= 0.3 is 0 Å². The third-order valence-corrected chi connectivity index (χ3v) is 5.60. The zero-order chi connectivity index (χ0) is 23.3. The number of phenols is 2. The molecule has 0 fully saturated rings. The molecular formula is C20H18N4O7S. The van der Waals surface area contributed by atoms with Crippen molar-refractivity contribution >= 4 is 33.3 Å². The number of ether oxygens (including phenoxy) is 1. The molecule has 0 bridgehead atoms. The van der Waals surface area contributed by atoms with Crippen LogP contribution >= 0.6 is 0 Å². The predicted molar refractivity (Wildman–Crippen MR) is 118 cm³/mol. The van der Waals surface area contributed by atoms with E-state index in [-0.39, 0.29) is 33.3 Å². The standard InChI is InChI=1S/C20H18N4O7S/c1-31-16-6-3-14(4-7-16)23-32(29,30)17-8-9-18(19(11-17)24(27)28)22-21-12-13-2-5-15(25)10-20(13)26/h2-12,22-23,25-26H,1H3. The van der Waals surface area contributed by atoms with E-state index in [1.54, 1.807) is 12.1 Å². The monoisotopic (exact) mass is 458 g/mol. The number of anilines is 2. The largest absolute Gasteiger partial charge is 0.508 e. The highest BCUT2D eigenvalue weighted by molar-refractivity contribution is 7.92. The van der Waals surface area contributed by atoms with Crippen LogP contribution in [0.25, 0.3) is 0 Å². The lowest BCUT2D eigenvalue weighted by Gasteiger charge is -2.10. The van der Waals surface area contributed by atoms with Crippen LogP contribution < -0.4 is 14.9 Å². The minimum atomic E-state index is -4.10. The molecule has 0 saturated heterocycles.